The van der Waals surface area contributed by atoms with Gasteiger partial charge in [0.15, 0.2) is 0 Å². The van der Waals surface area contributed by atoms with E-state index in [9.17, 15) is 0 Å². The van der Waals surface area contributed by atoms with E-state index in [-0.39, 0.29) is 5.38 Å². The highest BCUT2D eigenvalue weighted by atomic mass is 79.9. The molecule has 0 aliphatic heterocycles. The van der Waals surface area contributed by atoms with E-state index in [1.165, 1.54) is 15.3 Å². The molecule has 0 aromatic carbocycles. The molecule has 2 aromatic rings. The van der Waals surface area contributed by atoms with Crippen LogP contribution in [0.3, 0.4) is 0 Å². The Hall–Kier alpha value is 0.170. The Kier molecular flexibility index (Phi) is 3.32. The Bertz CT molecular complexity index is 393. The second kappa shape index (κ2) is 4.35. The second-order valence-corrected chi connectivity index (χ2v) is 7.04. The summed E-state index contributed by atoms with van der Waals surface area (Å²) in [5.41, 5.74) is 1.20. The van der Waals surface area contributed by atoms with Crippen molar-refractivity contribution < 1.29 is 0 Å². The molecule has 1 unspecified atom stereocenters. The van der Waals surface area contributed by atoms with E-state index in [4.69, 9.17) is 11.6 Å². The summed E-state index contributed by atoms with van der Waals surface area (Å²) in [5.74, 6) is 0. The quantitative estimate of drug-likeness (QED) is 0.668. The van der Waals surface area contributed by atoms with Gasteiger partial charge in [-0.05, 0) is 52.0 Å². The van der Waals surface area contributed by atoms with Crippen molar-refractivity contribution in [2.75, 3.05) is 0 Å². The van der Waals surface area contributed by atoms with Crippen LogP contribution in [0.2, 0.25) is 0 Å². The van der Waals surface area contributed by atoms with Crippen molar-refractivity contribution in [3.8, 4) is 0 Å². The summed E-state index contributed by atoms with van der Waals surface area (Å²) in [4.78, 5) is 2.50. The van der Waals surface area contributed by atoms with Gasteiger partial charge in [-0.3, -0.25) is 0 Å². The largest absolute Gasteiger partial charge is 0.149 e. The van der Waals surface area contributed by atoms with Crippen molar-refractivity contribution in [3.05, 3.63) is 42.7 Å². The van der Waals surface area contributed by atoms with E-state index in [2.05, 4.69) is 40.4 Å². The van der Waals surface area contributed by atoms with Crippen LogP contribution in [0.1, 0.15) is 20.7 Å². The summed E-state index contributed by atoms with van der Waals surface area (Å²) in [5, 5.41) is 2.12. The van der Waals surface area contributed by atoms with Crippen molar-refractivity contribution in [1.82, 2.24) is 0 Å². The van der Waals surface area contributed by atoms with Gasteiger partial charge in [0.2, 0.25) is 0 Å². The summed E-state index contributed by atoms with van der Waals surface area (Å²) in [6, 6.07) is 6.25. The van der Waals surface area contributed by atoms with Crippen molar-refractivity contribution in [2.45, 2.75) is 12.3 Å². The molecular formula is C10H8BrClS2. The van der Waals surface area contributed by atoms with Gasteiger partial charge < -0.3 is 0 Å². The smallest absolute Gasteiger partial charge is 0.0936 e. The maximum Gasteiger partial charge on any atom is 0.0936 e. The van der Waals surface area contributed by atoms with Gasteiger partial charge in [-0.25, -0.2) is 0 Å². The maximum atomic E-state index is 6.35. The molecule has 74 valence electrons. The van der Waals surface area contributed by atoms with E-state index < -0.39 is 0 Å². The fraction of sp³-hybridized carbons (Fsp3) is 0.200. The first kappa shape index (κ1) is 10.7. The molecular weight excluding hydrogens is 300 g/mol. The highest BCUT2D eigenvalue weighted by molar-refractivity contribution is 9.11. The number of alkyl halides is 1. The number of rotatable bonds is 2. The topological polar surface area (TPSA) is 0 Å². The third-order valence-corrected chi connectivity index (χ3v) is 5.07. The normalized spacial score (nSPS) is 13.1. The fourth-order valence-corrected chi connectivity index (χ4v) is 3.79. The Morgan fingerprint density at radius 2 is 2.21 bits per heavy atom. The van der Waals surface area contributed by atoms with Gasteiger partial charge >= 0.3 is 0 Å². The standard InChI is InChI=1S/C10H8BrClS2/c1-6-4-7(5-13-6)10(12)8-2-3-9(11)14-8/h2-5,10H,1H3. The number of hydrogen-bond acceptors (Lipinski definition) is 2. The molecule has 0 radical (unpaired) electrons. The van der Waals surface area contributed by atoms with Crippen LogP contribution >= 0.6 is 50.2 Å². The van der Waals surface area contributed by atoms with E-state index in [0.717, 1.165) is 3.79 Å². The lowest BCUT2D eigenvalue weighted by Gasteiger charge is -2.03. The summed E-state index contributed by atoms with van der Waals surface area (Å²) < 4.78 is 1.13. The molecule has 0 fully saturated rings. The fourth-order valence-electron chi connectivity index (χ4n) is 1.23. The molecule has 4 heteroatoms. The van der Waals surface area contributed by atoms with Gasteiger partial charge in [0.25, 0.3) is 0 Å². The Morgan fingerprint density at radius 1 is 1.43 bits per heavy atom. The summed E-state index contributed by atoms with van der Waals surface area (Å²) in [6.45, 7) is 2.10. The molecule has 0 spiro atoms. The van der Waals surface area contributed by atoms with Crippen LogP contribution < -0.4 is 0 Å². The van der Waals surface area contributed by atoms with E-state index >= 15 is 0 Å². The first-order chi connectivity index (χ1) is 6.66. The van der Waals surface area contributed by atoms with Gasteiger partial charge in [-0.15, -0.1) is 34.3 Å². The van der Waals surface area contributed by atoms with E-state index in [1.54, 1.807) is 22.7 Å². The van der Waals surface area contributed by atoms with E-state index in [1.807, 2.05) is 6.07 Å². The van der Waals surface area contributed by atoms with Crippen LogP contribution in [0.4, 0.5) is 0 Å². The summed E-state index contributed by atoms with van der Waals surface area (Å²) in [7, 11) is 0. The van der Waals surface area contributed by atoms with Crippen molar-refractivity contribution in [2.24, 2.45) is 0 Å². The minimum absolute atomic E-state index is 0.00347. The summed E-state index contributed by atoms with van der Waals surface area (Å²) >= 11 is 13.2. The Morgan fingerprint density at radius 3 is 2.71 bits per heavy atom. The van der Waals surface area contributed by atoms with Gasteiger partial charge in [-0.2, -0.15) is 0 Å². The molecule has 0 aliphatic carbocycles. The monoisotopic (exact) mass is 306 g/mol. The predicted octanol–water partition coefficient (Wildman–Crippen LogP) is 5.21. The maximum absolute atomic E-state index is 6.35. The molecule has 0 bridgehead atoms. The van der Waals surface area contributed by atoms with Crippen LogP contribution in [0.5, 0.6) is 0 Å². The zero-order valence-corrected chi connectivity index (χ0v) is 11.4. The van der Waals surface area contributed by atoms with Crippen LogP contribution in [0.15, 0.2) is 27.4 Å². The predicted molar refractivity (Wildman–Crippen MR) is 68.8 cm³/mol. The minimum atomic E-state index is -0.00347. The molecule has 2 rings (SSSR count). The summed E-state index contributed by atoms with van der Waals surface area (Å²) in [6.07, 6.45) is 0. The Balaban J connectivity index is 2.28. The highest BCUT2D eigenvalue weighted by Gasteiger charge is 2.13. The lowest BCUT2D eigenvalue weighted by molar-refractivity contribution is 1.20. The molecule has 2 aromatic heterocycles. The van der Waals surface area contributed by atoms with Crippen LogP contribution in [0.25, 0.3) is 0 Å². The number of thiophene rings is 2. The number of halogens is 2. The molecule has 0 aliphatic rings. The molecule has 2 heterocycles. The highest BCUT2D eigenvalue weighted by Crippen LogP contribution is 2.36. The average Bonchev–Trinajstić information content (AvgIpc) is 2.73. The van der Waals surface area contributed by atoms with Crippen LogP contribution in [0, 0.1) is 6.92 Å². The van der Waals surface area contributed by atoms with Crippen LogP contribution in [-0.2, 0) is 0 Å². The van der Waals surface area contributed by atoms with Gasteiger partial charge in [0, 0.05) is 9.75 Å². The molecule has 14 heavy (non-hydrogen) atoms. The lowest BCUT2D eigenvalue weighted by atomic mass is 10.2. The van der Waals surface area contributed by atoms with Crippen molar-refractivity contribution in [1.29, 1.82) is 0 Å². The minimum Gasteiger partial charge on any atom is -0.149 e. The zero-order valence-electron chi connectivity index (χ0n) is 7.46. The van der Waals surface area contributed by atoms with E-state index in [0.29, 0.717) is 0 Å². The zero-order chi connectivity index (χ0) is 10.1. The van der Waals surface area contributed by atoms with Gasteiger partial charge in [-0.1, -0.05) is 0 Å². The number of hydrogen-bond donors (Lipinski definition) is 0. The first-order valence-corrected chi connectivity index (χ1v) is 7.03. The Labute approximate surface area is 105 Å². The lowest BCUT2D eigenvalue weighted by Crippen LogP contribution is -1.85. The van der Waals surface area contributed by atoms with Crippen molar-refractivity contribution >= 4 is 50.2 Å². The molecule has 0 saturated carbocycles. The van der Waals surface area contributed by atoms with Gasteiger partial charge in [0.05, 0.1) is 9.16 Å². The molecule has 1 atom stereocenters. The molecule has 0 nitrogen and oxygen atoms in total. The SMILES string of the molecule is Cc1cc(C(Cl)c2ccc(Br)s2)cs1. The van der Waals surface area contributed by atoms with Crippen molar-refractivity contribution in [3.63, 3.8) is 0 Å². The third kappa shape index (κ3) is 2.22. The van der Waals surface area contributed by atoms with Gasteiger partial charge in [0.1, 0.15) is 0 Å². The average molecular weight is 308 g/mol. The third-order valence-electron chi connectivity index (χ3n) is 1.89. The first-order valence-electron chi connectivity index (χ1n) is 4.11. The molecule has 0 saturated heterocycles. The number of aryl methyl sites for hydroxylation is 1. The molecule has 0 amide bonds. The second-order valence-electron chi connectivity index (χ2n) is 3.00. The molecule has 0 N–H and O–H groups in total. The van der Waals surface area contributed by atoms with Crippen LogP contribution in [-0.4, -0.2) is 0 Å².